The van der Waals surface area contributed by atoms with E-state index in [1.165, 1.54) is 24.1 Å². The fourth-order valence-corrected chi connectivity index (χ4v) is 5.62. The molecule has 3 aromatic rings. The number of unbranched alkanes of at least 4 members (excludes halogenated alkanes) is 1. The lowest BCUT2D eigenvalue weighted by atomic mass is 10.1. The summed E-state index contributed by atoms with van der Waals surface area (Å²) in [6.45, 7) is 5.57. The summed E-state index contributed by atoms with van der Waals surface area (Å²) in [5.41, 5.74) is 1.90. The first kappa shape index (κ1) is 31.5. The molecule has 0 aromatic heterocycles. The van der Waals surface area contributed by atoms with E-state index in [1.54, 1.807) is 68.6 Å². The molecule has 0 aliphatic heterocycles. The first-order valence-electron chi connectivity index (χ1n) is 13.5. The Labute approximate surface area is 243 Å². The van der Waals surface area contributed by atoms with Crippen LogP contribution in [0.2, 0.25) is 0 Å². The van der Waals surface area contributed by atoms with Gasteiger partial charge in [0, 0.05) is 19.2 Å². The highest BCUT2D eigenvalue weighted by Gasteiger charge is 2.32. The van der Waals surface area contributed by atoms with E-state index in [1.807, 2.05) is 19.9 Å². The molecule has 9 nitrogen and oxygen atoms in total. The molecule has 3 aromatic carbocycles. The van der Waals surface area contributed by atoms with E-state index < -0.39 is 28.5 Å². The predicted molar refractivity (Wildman–Crippen MR) is 160 cm³/mol. The number of rotatable bonds is 14. The van der Waals surface area contributed by atoms with Crippen LogP contribution in [0.3, 0.4) is 0 Å². The van der Waals surface area contributed by atoms with Crippen molar-refractivity contribution in [3.8, 4) is 11.5 Å². The molecule has 41 heavy (non-hydrogen) atoms. The van der Waals surface area contributed by atoms with Crippen molar-refractivity contribution >= 4 is 27.5 Å². The van der Waals surface area contributed by atoms with E-state index in [0.29, 0.717) is 18.0 Å². The van der Waals surface area contributed by atoms with Crippen molar-refractivity contribution < 1.29 is 27.5 Å². The van der Waals surface area contributed by atoms with Crippen molar-refractivity contribution in [2.24, 2.45) is 0 Å². The van der Waals surface area contributed by atoms with Gasteiger partial charge in [0.15, 0.2) is 0 Å². The topological polar surface area (TPSA) is 105 Å². The molecule has 0 bridgehead atoms. The van der Waals surface area contributed by atoms with E-state index in [2.05, 4.69) is 5.32 Å². The lowest BCUT2D eigenvalue weighted by Crippen LogP contribution is -2.51. The summed E-state index contributed by atoms with van der Waals surface area (Å²) < 4.78 is 39.6. The summed E-state index contributed by atoms with van der Waals surface area (Å²) in [6.07, 6.45) is 1.72. The van der Waals surface area contributed by atoms with E-state index in [-0.39, 0.29) is 23.0 Å². The standard InChI is InChI=1S/C31H39N3O6S/c1-6-7-18-32-31(36)24(3)33(21-25-10-8-12-27(19-25)39-4)30(35)22-34(26-11-9-13-28(20-26)40-5)41(37,38)29-16-14-23(2)15-17-29/h8-17,19-20,24H,6-7,18,21-22H2,1-5H3,(H,32,36)/t24-/m1/s1. The molecule has 2 amide bonds. The van der Waals surface area contributed by atoms with Crippen LogP contribution in [0.25, 0.3) is 0 Å². The van der Waals surface area contributed by atoms with Crippen molar-refractivity contribution in [3.05, 3.63) is 83.9 Å². The molecule has 1 N–H and O–H groups in total. The lowest BCUT2D eigenvalue weighted by Gasteiger charge is -2.32. The van der Waals surface area contributed by atoms with Gasteiger partial charge in [0.1, 0.15) is 24.1 Å². The number of amides is 2. The number of methoxy groups -OCH3 is 2. The summed E-state index contributed by atoms with van der Waals surface area (Å²) in [4.78, 5) is 28.6. The zero-order valence-corrected chi connectivity index (χ0v) is 25.1. The third-order valence-corrected chi connectivity index (χ3v) is 8.50. The molecule has 0 radical (unpaired) electrons. The van der Waals surface area contributed by atoms with Crippen molar-refractivity contribution in [3.63, 3.8) is 0 Å². The number of anilines is 1. The molecule has 220 valence electrons. The van der Waals surface area contributed by atoms with Crippen LogP contribution < -0.4 is 19.1 Å². The van der Waals surface area contributed by atoms with Gasteiger partial charge in [-0.3, -0.25) is 13.9 Å². The lowest BCUT2D eigenvalue weighted by molar-refractivity contribution is -0.139. The molecular formula is C31H39N3O6S. The molecule has 0 unspecified atom stereocenters. The second-order valence-corrected chi connectivity index (χ2v) is 11.6. The normalized spacial score (nSPS) is 11.8. The van der Waals surface area contributed by atoms with Gasteiger partial charge in [-0.05, 0) is 62.2 Å². The van der Waals surface area contributed by atoms with Crippen LogP contribution in [-0.4, -0.2) is 58.5 Å². The van der Waals surface area contributed by atoms with E-state index in [9.17, 15) is 18.0 Å². The van der Waals surface area contributed by atoms with Crippen LogP contribution >= 0.6 is 0 Å². The molecule has 0 spiro atoms. The predicted octanol–water partition coefficient (Wildman–Crippen LogP) is 4.54. The molecule has 0 saturated carbocycles. The number of aryl methyl sites for hydroxylation is 1. The first-order chi connectivity index (χ1) is 19.6. The fraction of sp³-hybridized carbons (Fsp3) is 0.355. The number of hydrogen-bond donors (Lipinski definition) is 1. The van der Waals surface area contributed by atoms with Crippen LogP contribution in [0.5, 0.6) is 11.5 Å². The molecule has 3 rings (SSSR count). The van der Waals surface area contributed by atoms with Crippen LogP contribution in [0.4, 0.5) is 5.69 Å². The van der Waals surface area contributed by atoms with Gasteiger partial charge in [0.05, 0.1) is 24.8 Å². The average Bonchev–Trinajstić information content (AvgIpc) is 2.98. The highest BCUT2D eigenvalue weighted by Crippen LogP contribution is 2.28. The van der Waals surface area contributed by atoms with Gasteiger partial charge in [0.2, 0.25) is 11.8 Å². The minimum absolute atomic E-state index is 0.0448. The van der Waals surface area contributed by atoms with Gasteiger partial charge < -0.3 is 19.7 Å². The Hall–Kier alpha value is -4.05. The summed E-state index contributed by atoms with van der Waals surface area (Å²) in [5, 5.41) is 2.88. The smallest absolute Gasteiger partial charge is 0.264 e. The second-order valence-electron chi connectivity index (χ2n) is 9.72. The van der Waals surface area contributed by atoms with Crippen LogP contribution in [0.15, 0.2) is 77.7 Å². The first-order valence-corrected chi connectivity index (χ1v) is 15.0. The molecule has 0 fully saturated rings. The Bertz CT molecular complexity index is 1430. The number of carbonyl (C=O) groups excluding carboxylic acids is 2. The highest BCUT2D eigenvalue weighted by atomic mass is 32.2. The van der Waals surface area contributed by atoms with Gasteiger partial charge in [-0.1, -0.05) is 49.2 Å². The molecule has 0 saturated heterocycles. The fourth-order valence-electron chi connectivity index (χ4n) is 4.22. The third-order valence-electron chi connectivity index (χ3n) is 6.71. The van der Waals surface area contributed by atoms with E-state index >= 15 is 0 Å². The van der Waals surface area contributed by atoms with Crippen molar-refractivity contribution in [2.75, 3.05) is 31.6 Å². The second kappa shape index (κ2) is 14.5. The molecule has 0 aliphatic rings. The quantitative estimate of drug-likeness (QED) is 0.280. The van der Waals surface area contributed by atoms with Gasteiger partial charge in [-0.15, -0.1) is 0 Å². The van der Waals surface area contributed by atoms with Crippen LogP contribution in [-0.2, 0) is 26.2 Å². The maximum Gasteiger partial charge on any atom is 0.264 e. The minimum atomic E-state index is -4.16. The van der Waals surface area contributed by atoms with Crippen LogP contribution in [0, 0.1) is 6.92 Å². The zero-order chi connectivity index (χ0) is 30.0. The Balaban J connectivity index is 2.03. The summed E-state index contributed by atoms with van der Waals surface area (Å²) in [7, 11) is -1.13. The van der Waals surface area contributed by atoms with Crippen molar-refractivity contribution in [2.45, 2.75) is 51.1 Å². The van der Waals surface area contributed by atoms with Crippen LogP contribution in [0.1, 0.15) is 37.8 Å². The van der Waals surface area contributed by atoms with Crippen molar-refractivity contribution in [1.82, 2.24) is 10.2 Å². The largest absolute Gasteiger partial charge is 0.497 e. The summed E-state index contributed by atoms with van der Waals surface area (Å²) in [5.74, 6) is 0.194. The molecular weight excluding hydrogens is 542 g/mol. The Morgan fingerprint density at radius 1 is 0.927 bits per heavy atom. The molecule has 0 heterocycles. The van der Waals surface area contributed by atoms with Crippen molar-refractivity contribution in [1.29, 1.82) is 0 Å². The monoisotopic (exact) mass is 581 g/mol. The Morgan fingerprint density at radius 3 is 2.20 bits per heavy atom. The number of ether oxygens (including phenoxy) is 2. The maximum absolute atomic E-state index is 14.0. The average molecular weight is 582 g/mol. The summed E-state index contributed by atoms with van der Waals surface area (Å²) >= 11 is 0. The number of hydrogen-bond acceptors (Lipinski definition) is 6. The van der Waals surface area contributed by atoms with E-state index in [0.717, 1.165) is 28.3 Å². The maximum atomic E-state index is 14.0. The number of carbonyl (C=O) groups is 2. The summed E-state index contributed by atoms with van der Waals surface area (Å²) in [6, 6.07) is 19.3. The van der Waals surface area contributed by atoms with Gasteiger partial charge >= 0.3 is 0 Å². The van der Waals surface area contributed by atoms with Gasteiger partial charge in [-0.2, -0.15) is 0 Å². The number of benzene rings is 3. The highest BCUT2D eigenvalue weighted by molar-refractivity contribution is 7.92. The molecule has 0 aliphatic carbocycles. The van der Waals surface area contributed by atoms with Gasteiger partial charge in [0.25, 0.3) is 10.0 Å². The Morgan fingerprint density at radius 2 is 1.56 bits per heavy atom. The number of sulfonamides is 1. The molecule has 10 heteroatoms. The number of nitrogens with one attached hydrogen (secondary N) is 1. The van der Waals surface area contributed by atoms with Gasteiger partial charge in [-0.25, -0.2) is 8.42 Å². The van der Waals surface area contributed by atoms with E-state index in [4.69, 9.17) is 9.47 Å². The minimum Gasteiger partial charge on any atom is -0.497 e. The zero-order valence-electron chi connectivity index (χ0n) is 24.3. The molecule has 1 atom stereocenters. The third kappa shape index (κ3) is 8.23. The Kier molecular flexibility index (Phi) is 11.2. The number of nitrogens with zero attached hydrogens (tertiary/aromatic N) is 2. The SMILES string of the molecule is CCCCNC(=O)[C@@H](C)N(Cc1cccc(OC)c1)C(=O)CN(c1cccc(OC)c1)S(=O)(=O)c1ccc(C)cc1.